The van der Waals surface area contributed by atoms with Crippen LogP contribution in [-0.4, -0.2) is 18.5 Å². The highest BCUT2D eigenvalue weighted by Gasteiger charge is 2.21. The zero-order valence-corrected chi connectivity index (χ0v) is 21.3. The van der Waals surface area contributed by atoms with E-state index >= 15 is 0 Å². The molecule has 1 aromatic carbocycles. The van der Waals surface area contributed by atoms with E-state index in [2.05, 4.69) is 19.1 Å². The lowest BCUT2D eigenvalue weighted by atomic mass is 9.89. The molecule has 1 aliphatic carbocycles. The number of esters is 2. The predicted molar refractivity (Wildman–Crippen MR) is 138 cm³/mol. The van der Waals surface area contributed by atoms with Crippen molar-refractivity contribution >= 4 is 11.9 Å². The normalized spacial score (nSPS) is 16.2. The number of benzene rings is 1. The molecule has 0 bridgehead atoms. The monoisotopic (exact) mass is 470 g/mol. The van der Waals surface area contributed by atoms with E-state index in [1.807, 2.05) is 30.3 Å². The van der Waals surface area contributed by atoms with Crippen LogP contribution in [0.2, 0.25) is 0 Å². The highest BCUT2D eigenvalue weighted by Crippen LogP contribution is 2.31. The standard InChI is InChI=1S/C30H46O4/c1-2-3-4-5-6-7-8-9-16-24-33-29(31)22-17-23-30(32)34-28(27-20-14-11-15-21-27)25-26-18-12-10-13-19-26/h11-12,14-15,18,20-21,26,28H,2-10,13,16-17,19,22-25H2,1H3. The first-order valence-corrected chi connectivity index (χ1v) is 13.8. The molecule has 0 aromatic heterocycles. The Labute approximate surface area is 207 Å². The Balaban J connectivity index is 1.57. The fraction of sp³-hybridized carbons (Fsp3) is 0.667. The third kappa shape index (κ3) is 13.0. The van der Waals surface area contributed by atoms with E-state index in [1.165, 1.54) is 51.4 Å². The summed E-state index contributed by atoms with van der Waals surface area (Å²) in [7, 11) is 0. The van der Waals surface area contributed by atoms with Crippen LogP contribution in [0.1, 0.15) is 121 Å². The van der Waals surface area contributed by atoms with Crippen LogP contribution in [0, 0.1) is 5.92 Å². The molecule has 0 heterocycles. The Morgan fingerprint density at radius 3 is 2.24 bits per heavy atom. The van der Waals surface area contributed by atoms with Gasteiger partial charge in [0.25, 0.3) is 0 Å². The summed E-state index contributed by atoms with van der Waals surface area (Å²) >= 11 is 0. The molecule has 0 aliphatic heterocycles. The lowest BCUT2D eigenvalue weighted by Gasteiger charge is -2.24. The third-order valence-electron chi connectivity index (χ3n) is 6.59. The van der Waals surface area contributed by atoms with Gasteiger partial charge in [-0.15, -0.1) is 0 Å². The second-order valence-corrected chi connectivity index (χ2v) is 9.65. The highest BCUT2D eigenvalue weighted by atomic mass is 16.5. The molecule has 2 atom stereocenters. The van der Waals surface area contributed by atoms with Crippen LogP contribution >= 0.6 is 0 Å². The minimum atomic E-state index is -0.236. The van der Waals surface area contributed by atoms with Crippen molar-refractivity contribution in [1.29, 1.82) is 0 Å². The number of carbonyl (C=O) groups excluding carboxylic acids is 2. The minimum Gasteiger partial charge on any atom is -0.466 e. The molecule has 1 aliphatic rings. The first-order chi connectivity index (χ1) is 16.7. The SMILES string of the molecule is CCCCCCCCCCCOC(=O)CCCC(=O)OC(CC1C=CCCC1)c1ccccc1. The van der Waals surface area contributed by atoms with Gasteiger partial charge in [-0.05, 0) is 50.0 Å². The first-order valence-electron chi connectivity index (χ1n) is 13.8. The number of hydrogen-bond donors (Lipinski definition) is 0. The van der Waals surface area contributed by atoms with E-state index in [0.717, 1.165) is 37.7 Å². The van der Waals surface area contributed by atoms with E-state index in [-0.39, 0.29) is 30.9 Å². The van der Waals surface area contributed by atoms with Gasteiger partial charge in [0.2, 0.25) is 0 Å². The first kappa shape index (κ1) is 28.1. The summed E-state index contributed by atoms with van der Waals surface area (Å²) in [5.74, 6) is 0.00230. The van der Waals surface area contributed by atoms with Crippen LogP contribution in [0.15, 0.2) is 42.5 Å². The molecule has 1 aromatic rings. The maximum absolute atomic E-state index is 12.5. The van der Waals surface area contributed by atoms with Gasteiger partial charge in [0.05, 0.1) is 6.61 Å². The minimum absolute atomic E-state index is 0.209. The number of hydrogen-bond acceptors (Lipinski definition) is 4. The summed E-state index contributed by atoms with van der Waals surface area (Å²) in [5, 5.41) is 0. The van der Waals surface area contributed by atoms with E-state index in [9.17, 15) is 9.59 Å². The maximum atomic E-state index is 12.5. The fourth-order valence-electron chi connectivity index (χ4n) is 4.54. The summed E-state index contributed by atoms with van der Waals surface area (Å²) in [6, 6.07) is 9.98. The van der Waals surface area contributed by atoms with E-state index in [1.54, 1.807) is 0 Å². The van der Waals surface area contributed by atoms with E-state index in [4.69, 9.17) is 9.47 Å². The molecule has 0 N–H and O–H groups in total. The van der Waals surface area contributed by atoms with Crippen LogP contribution in [0.4, 0.5) is 0 Å². The van der Waals surface area contributed by atoms with Gasteiger partial charge >= 0.3 is 11.9 Å². The lowest BCUT2D eigenvalue weighted by molar-refractivity contribution is -0.150. The van der Waals surface area contributed by atoms with Gasteiger partial charge in [-0.3, -0.25) is 9.59 Å². The number of allylic oxidation sites excluding steroid dienone is 2. The number of carbonyl (C=O) groups is 2. The number of unbranched alkanes of at least 4 members (excludes halogenated alkanes) is 8. The molecule has 190 valence electrons. The second-order valence-electron chi connectivity index (χ2n) is 9.65. The summed E-state index contributed by atoms with van der Waals surface area (Å²) in [6.07, 6.45) is 20.7. The smallest absolute Gasteiger partial charge is 0.306 e. The Morgan fingerprint density at radius 1 is 0.882 bits per heavy atom. The molecule has 4 nitrogen and oxygen atoms in total. The Kier molecular flexibility index (Phi) is 15.1. The average molecular weight is 471 g/mol. The summed E-state index contributed by atoms with van der Waals surface area (Å²) in [6.45, 7) is 2.73. The predicted octanol–water partition coefficient (Wildman–Crippen LogP) is 8.26. The van der Waals surface area contributed by atoms with E-state index < -0.39 is 0 Å². The van der Waals surface area contributed by atoms with Crippen molar-refractivity contribution in [3.05, 3.63) is 48.0 Å². The summed E-state index contributed by atoms with van der Waals surface area (Å²) in [5.41, 5.74) is 1.04. The maximum Gasteiger partial charge on any atom is 0.306 e. The molecular weight excluding hydrogens is 424 g/mol. The van der Waals surface area contributed by atoms with Gasteiger partial charge in [-0.25, -0.2) is 0 Å². The van der Waals surface area contributed by atoms with Gasteiger partial charge in [0.1, 0.15) is 6.10 Å². The fourth-order valence-corrected chi connectivity index (χ4v) is 4.54. The molecule has 0 amide bonds. The number of ether oxygens (including phenoxy) is 2. The molecule has 0 saturated carbocycles. The molecule has 0 spiro atoms. The largest absolute Gasteiger partial charge is 0.466 e. The molecular formula is C30H46O4. The topological polar surface area (TPSA) is 52.6 Å². The van der Waals surface area contributed by atoms with Crippen molar-refractivity contribution in [3.8, 4) is 0 Å². The number of rotatable bonds is 18. The summed E-state index contributed by atoms with van der Waals surface area (Å²) < 4.78 is 11.2. The highest BCUT2D eigenvalue weighted by molar-refractivity contribution is 5.72. The van der Waals surface area contributed by atoms with Crippen LogP contribution in [0.3, 0.4) is 0 Å². The van der Waals surface area contributed by atoms with Gasteiger partial charge in [-0.1, -0.05) is 101 Å². The molecule has 0 radical (unpaired) electrons. The van der Waals surface area contributed by atoms with Crippen molar-refractivity contribution in [2.45, 2.75) is 116 Å². The Hall–Kier alpha value is -2.10. The van der Waals surface area contributed by atoms with Crippen molar-refractivity contribution in [1.82, 2.24) is 0 Å². The summed E-state index contributed by atoms with van der Waals surface area (Å²) in [4.78, 5) is 24.5. The van der Waals surface area contributed by atoms with Gasteiger partial charge in [-0.2, -0.15) is 0 Å². The lowest BCUT2D eigenvalue weighted by Crippen LogP contribution is -2.16. The Morgan fingerprint density at radius 2 is 1.56 bits per heavy atom. The molecule has 34 heavy (non-hydrogen) atoms. The van der Waals surface area contributed by atoms with Gasteiger partial charge < -0.3 is 9.47 Å². The Bertz CT molecular complexity index is 697. The van der Waals surface area contributed by atoms with Crippen LogP contribution in [0.25, 0.3) is 0 Å². The second kappa shape index (κ2) is 18.3. The van der Waals surface area contributed by atoms with Gasteiger partial charge in [0.15, 0.2) is 0 Å². The zero-order chi connectivity index (χ0) is 24.3. The average Bonchev–Trinajstić information content (AvgIpc) is 2.86. The molecule has 2 unspecified atom stereocenters. The van der Waals surface area contributed by atoms with Crippen LogP contribution < -0.4 is 0 Å². The van der Waals surface area contributed by atoms with Crippen LogP contribution in [0.5, 0.6) is 0 Å². The molecule has 2 rings (SSSR count). The molecule has 4 heteroatoms. The van der Waals surface area contributed by atoms with Gasteiger partial charge in [0, 0.05) is 12.8 Å². The van der Waals surface area contributed by atoms with Crippen molar-refractivity contribution < 1.29 is 19.1 Å². The molecule has 0 saturated heterocycles. The quantitative estimate of drug-likeness (QED) is 0.123. The van der Waals surface area contributed by atoms with Crippen LogP contribution in [-0.2, 0) is 19.1 Å². The van der Waals surface area contributed by atoms with E-state index in [0.29, 0.717) is 18.9 Å². The molecule has 0 fully saturated rings. The third-order valence-corrected chi connectivity index (χ3v) is 6.59. The van der Waals surface area contributed by atoms with Crippen molar-refractivity contribution in [3.63, 3.8) is 0 Å². The van der Waals surface area contributed by atoms with Crippen molar-refractivity contribution in [2.24, 2.45) is 5.92 Å². The van der Waals surface area contributed by atoms with Crippen molar-refractivity contribution in [2.75, 3.05) is 6.61 Å². The zero-order valence-electron chi connectivity index (χ0n) is 21.3.